The van der Waals surface area contributed by atoms with E-state index in [2.05, 4.69) is 17.5 Å². The van der Waals surface area contributed by atoms with E-state index in [1.807, 2.05) is 55.5 Å². The number of nitriles is 2. The molecular formula is C22H19N3O2S. The molecule has 1 aliphatic heterocycles. The van der Waals surface area contributed by atoms with Gasteiger partial charge in [-0.3, -0.25) is 4.79 Å². The summed E-state index contributed by atoms with van der Waals surface area (Å²) in [4.78, 5) is 12.6. The van der Waals surface area contributed by atoms with Crippen LogP contribution in [0.25, 0.3) is 0 Å². The van der Waals surface area contributed by atoms with Gasteiger partial charge in [-0.25, -0.2) is 0 Å². The van der Waals surface area contributed by atoms with E-state index in [4.69, 9.17) is 4.74 Å². The summed E-state index contributed by atoms with van der Waals surface area (Å²) >= 11 is 1.39. The van der Waals surface area contributed by atoms with Crippen LogP contribution in [0, 0.1) is 28.6 Å². The van der Waals surface area contributed by atoms with Crippen LogP contribution in [-0.4, -0.2) is 12.5 Å². The second kappa shape index (κ2) is 9.12. The van der Waals surface area contributed by atoms with Gasteiger partial charge in [0.15, 0.2) is 0 Å². The Hall–Kier alpha value is -3.22. The van der Waals surface area contributed by atoms with Crippen LogP contribution in [0.2, 0.25) is 0 Å². The lowest BCUT2D eigenvalue weighted by Gasteiger charge is -2.29. The number of carbonyl (C=O) groups excluding carboxylic acids is 1. The van der Waals surface area contributed by atoms with Crippen LogP contribution in [0.4, 0.5) is 0 Å². The van der Waals surface area contributed by atoms with Gasteiger partial charge in [0.25, 0.3) is 0 Å². The van der Waals surface area contributed by atoms with Gasteiger partial charge in [-0.1, -0.05) is 48.5 Å². The lowest BCUT2D eigenvalue weighted by atomic mass is 9.79. The molecule has 0 fully saturated rings. The molecule has 2 aromatic rings. The van der Waals surface area contributed by atoms with Crippen LogP contribution < -0.4 is 10.1 Å². The summed E-state index contributed by atoms with van der Waals surface area (Å²) in [5.41, 5.74) is 2.15. The molecule has 6 heteroatoms. The summed E-state index contributed by atoms with van der Waals surface area (Å²) in [6, 6.07) is 21.4. The largest absolute Gasteiger partial charge is 0.494 e. The number of nitrogens with zero attached hydrogens (tertiary/aromatic N) is 2. The minimum atomic E-state index is -0.989. The predicted octanol–water partition coefficient (Wildman–Crippen LogP) is 4.11. The fourth-order valence-corrected chi connectivity index (χ4v) is 4.18. The van der Waals surface area contributed by atoms with E-state index in [1.165, 1.54) is 11.8 Å². The maximum absolute atomic E-state index is 12.6. The summed E-state index contributed by atoms with van der Waals surface area (Å²) in [7, 11) is 0. The van der Waals surface area contributed by atoms with Gasteiger partial charge in [0.1, 0.15) is 11.7 Å². The maximum Gasteiger partial charge on any atom is 0.243 e. The van der Waals surface area contributed by atoms with Crippen molar-refractivity contribution in [3.63, 3.8) is 0 Å². The van der Waals surface area contributed by atoms with Gasteiger partial charge < -0.3 is 10.1 Å². The zero-order valence-electron chi connectivity index (χ0n) is 15.4. The van der Waals surface area contributed by atoms with Gasteiger partial charge in [-0.15, -0.1) is 11.8 Å². The topological polar surface area (TPSA) is 85.9 Å². The Balaban J connectivity index is 2.03. The lowest BCUT2D eigenvalue weighted by Crippen LogP contribution is -2.39. The second-order valence-corrected chi connectivity index (χ2v) is 7.16. The van der Waals surface area contributed by atoms with Gasteiger partial charge in [0.2, 0.25) is 5.91 Å². The Bertz CT molecular complexity index is 973. The van der Waals surface area contributed by atoms with Crippen molar-refractivity contribution in [3.05, 3.63) is 76.3 Å². The van der Waals surface area contributed by atoms with Crippen molar-refractivity contribution in [2.45, 2.75) is 18.6 Å². The van der Waals surface area contributed by atoms with E-state index in [9.17, 15) is 15.3 Å². The molecular weight excluding hydrogens is 370 g/mol. The summed E-state index contributed by atoms with van der Waals surface area (Å²) in [6.07, 6.45) is 0. The van der Waals surface area contributed by atoms with Crippen molar-refractivity contribution in [3.8, 4) is 17.9 Å². The summed E-state index contributed by atoms with van der Waals surface area (Å²) in [5.74, 6) is -0.848. The molecule has 0 saturated heterocycles. The van der Waals surface area contributed by atoms with E-state index >= 15 is 0 Å². The summed E-state index contributed by atoms with van der Waals surface area (Å²) < 4.78 is 5.70. The molecule has 1 heterocycles. The average molecular weight is 389 g/mol. The molecule has 2 unspecified atom stereocenters. The third kappa shape index (κ3) is 4.03. The van der Waals surface area contributed by atoms with Crippen molar-refractivity contribution in [1.29, 1.82) is 10.5 Å². The first-order valence-corrected chi connectivity index (χ1v) is 9.91. The molecule has 5 nitrogen and oxygen atoms in total. The highest BCUT2D eigenvalue weighted by Crippen LogP contribution is 2.43. The zero-order valence-corrected chi connectivity index (χ0v) is 16.2. The van der Waals surface area contributed by atoms with Crippen molar-refractivity contribution >= 4 is 17.7 Å². The molecule has 1 amide bonds. The number of para-hydroxylation sites is 1. The van der Waals surface area contributed by atoms with Crippen LogP contribution in [0.15, 0.2) is 65.2 Å². The fourth-order valence-electron chi connectivity index (χ4n) is 3.17. The molecule has 1 N–H and O–H groups in total. The second-order valence-electron chi connectivity index (χ2n) is 6.17. The quantitative estimate of drug-likeness (QED) is 0.804. The van der Waals surface area contributed by atoms with Gasteiger partial charge in [0, 0.05) is 11.3 Å². The van der Waals surface area contributed by atoms with E-state index in [-0.39, 0.29) is 0 Å². The third-order valence-electron chi connectivity index (χ3n) is 4.45. The minimum absolute atomic E-state index is 0.388. The molecule has 0 radical (unpaired) electrons. The number of allylic oxidation sites excluding steroid dienone is 1. The van der Waals surface area contributed by atoms with Gasteiger partial charge in [0.05, 0.1) is 35.3 Å². The molecule has 2 atom stereocenters. The first-order valence-electron chi connectivity index (χ1n) is 8.92. The monoisotopic (exact) mass is 389 g/mol. The number of nitrogens with one attached hydrogen (secondary N) is 1. The summed E-state index contributed by atoms with van der Waals surface area (Å²) in [5, 5.41) is 22.8. The van der Waals surface area contributed by atoms with Crippen LogP contribution >= 0.6 is 11.8 Å². The molecule has 0 spiro atoms. The number of benzene rings is 2. The first-order chi connectivity index (χ1) is 13.7. The highest BCUT2D eigenvalue weighted by atomic mass is 32.2. The van der Waals surface area contributed by atoms with Crippen molar-refractivity contribution in [2.24, 2.45) is 5.92 Å². The number of rotatable bonds is 6. The number of hydrogen-bond donors (Lipinski definition) is 1. The Labute approximate surface area is 168 Å². The Morgan fingerprint density at radius 2 is 1.82 bits per heavy atom. The molecule has 3 rings (SSSR count). The van der Waals surface area contributed by atoms with Gasteiger partial charge in [-0.05, 0) is 18.6 Å². The number of hydrogen-bond acceptors (Lipinski definition) is 5. The van der Waals surface area contributed by atoms with Crippen molar-refractivity contribution in [1.82, 2.24) is 5.32 Å². The normalized spacial score (nSPS) is 18.8. The molecule has 0 aliphatic carbocycles. The number of ether oxygens (including phenoxy) is 1. The third-order valence-corrected chi connectivity index (χ3v) is 5.54. The van der Waals surface area contributed by atoms with Gasteiger partial charge >= 0.3 is 0 Å². The molecule has 140 valence electrons. The van der Waals surface area contributed by atoms with Crippen molar-refractivity contribution in [2.75, 3.05) is 6.61 Å². The van der Waals surface area contributed by atoms with Crippen LogP contribution in [0.5, 0.6) is 5.75 Å². The highest BCUT2D eigenvalue weighted by molar-refractivity contribution is 8.02. The molecule has 1 aliphatic rings. The molecule has 0 saturated carbocycles. The minimum Gasteiger partial charge on any atom is -0.494 e. The Kier molecular flexibility index (Phi) is 6.37. The zero-order chi connectivity index (χ0) is 19.9. The van der Waals surface area contributed by atoms with E-state index in [1.54, 1.807) is 6.07 Å². The van der Waals surface area contributed by atoms with Gasteiger partial charge in [-0.2, -0.15) is 10.5 Å². The van der Waals surface area contributed by atoms with Crippen LogP contribution in [0.1, 0.15) is 24.0 Å². The molecule has 2 aromatic carbocycles. The van der Waals surface area contributed by atoms with Crippen LogP contribution in [0.3, 0.4) is 0 Å². The number of thioether (sulfide) groups is 1. The fraction of sp³-hybridized carbons (Fsp3) is 0.227. The standard InChI is InChI=1S/C22H19N3O2S/c1-2-27-19-11-7-6-10-16(19)20-17(12-23)21(26)25-22(18(20)13-24)28-14-15-8-4-3-5-9-15/h3-11,17,20H,2,14H2,1H3,(H,25,26). The van der Waals surface area contributed by atoms with Crippen LogP contribution in [-0.2, 0) is 10.5 Å². The number of amides is 1. The first kappa shape index (κ1) is 19.5. The Morgan fingerprint density at radius 3 is 2.50 bits per heavy atom. The van der Waals surface area contributed by atoms with E-state index in [0.717, 1.165) is 5.56 Å². The SMILES string of the molecule is CCOc1ccccc1C1C(C#N)=C(SCc2ccccc2)NC(=O)C1C#N. The summed E-state index contributed by atoms with van der Waals surface area (Å²) in [6.45, 7) is 2.32. The molecule has 0 bridgehead atoms. The van der Waals surface area contributed by atoms with E-state index in [0.29, 0.717) is 34.3 Å². The lowest BCUT2D eigenvalue weighted by molar-refractivity contribution is -0.123. The maximum atomic E-state index is 12.6. The number of carbonyl (C=O) groups is 1. The average Bonchev–Trinajstić information content (AvgIpc) is 2.73. The highest BCUT2D eigenvalue weighted by Gasteiger charge is 2.40. The molecule has 0 aromatic heterocycles. The van der Waals surface area contributed by atoms with Crippen molar-refractivity contribution < 1.29 is 9.53 Å². The van der Waals surface area contributed by atoms with E-state index < -0.39 is 17.7 Å². The Morgan fingerprint density at radius 1 is 1.11 bits per heavy atom. The predicted molar refractivity (Wildman–Crippen MR) is 108 cm³/mol. The molecule has 28 heavy (non-hydrogen) atoms. The smallest absolute Gasteiger partial charge is 0.243 e.